The van der Waals surface area contributed by atoms with Crippen molar-refractivity contribution in [2.24, 2.45) is 50.2 Å². The molecule has 5 aliphatic carbocycles. The van der Waals surface area contributed by atoms with Crippen molar-refractivity contribution < 1.29 is 35.1 Å². The van der Waals surface area contributed by atoms with Crippen LogP contribution in [0.5, 0.6) is 0 Å². The number of carboxylic acids is 2. The van der Waals surface area contributed by atoms with Crippen LogP contribution in [-0.2, 0) is 9.59 Å². The molecule has 208 valence electrons. The van der Waals surface area contributed by atoms with Crippen LogP contribution in [0.1, 0.15) is 92.9 Å². The molecule has 5 rings (SSSR count). The quantitative estimate of drug-likeness (QED) is 0.345. The van der Waals surface area contributed by atoms with E-state index in [4.69, 9.17) is 0 Å². The fourth-order valence-electron chi connectivity index (χ4n) is 10.8. The molecule has 0 heterocycles. The summed E-state index contributed by atoms with van der Waals surface area (Å²) in [6.07, 6.45) is 3.53. The summed E-state index contributed by atoms with van der Waals surface area (Å²) in [5.74, 6) is -2.47. The lowest BCUT2D eigenvalue weighted by Crippen LogP contribution is -2.70. The van der Waals surface area contributed by atoms with E-state index in [0.717, 1.165) is 19.3 Å². The SMILES string of the molecule is CC1(C)CC[C@]2(C(=O)O)[C@H](O)C[C@]3(C)C(=CC[C@@H]4[C@@]5(C)C[C@H](O)[C@H](O)[C@@](C)(C(=O)O)[C@@H]5CC[C@]43C)[C@@H]2C1. The van der Waals surface area contributed by atoms with Crippen LogP contribution < -0.4 is 0 Å². The summed E-state index contributed by atoms with van der Waals surface area (Å²) >= 11 is 0. The standard InChI is InChI=1S/C30H46O7/c1-25(2)11-12-30(24(36)37)17(13-25)16-7-8-19-26(3)14-18(31)22(33)29(6,23(34)35)20(26)9-10-27(19,4)28(16,5)15-21(30)32/h7,17-22,31-33H,8-15H2,1-6H3,(H,34,35)(H,36,37)/t17-,18-,19+,20+,21+,22-,26+,27+,28+,29-,30+/m0/s1. The van der Waals surface area contributed by atoms with Gasteiger partial charge in [0.25, 0.3) is 0 Å². The molecule has 0 spiro atoms. The summed E-state index contributed by atoms with van der Waals surface area (Å²) < 4.78 is 0. The fourth-order valence-corrected chi connectivity index (χ4v) is 10.8. The van der Waals surface area contributed by atoms with Gasteiger partial charge in [-0.3, -0.25) is 9.59 Å². The van der Waals surface area contributed by atoms with E-state index >= 15 is 0 Å². The zero-order valence-electron chi connectivity index (χ0n) is 23.3. The second kappa shape index (κ2) is 7.82. The normalized spacial score (nSPS) is 54.6. The molecule has 7 heteroatoms. The second-order valence-electron chi connectivity index (χ2n) is 15.1. The number of allylic oxidation sites excluding steroid dienone is 2. The van der Waals surface area contributed by atoms with Gasteiger partial charge < -0.3 is 25.5 Å². The van der Waals surface area contributed by atoms with Crippen molar-refractivity contribution in [1.29, 1.82) is 0 Å². The van der Waals surface area contributed by atoms with Crippen LogP contribution in [-0.4, -0.2) is 55.8 Å². The van der Waals surface area contributed by atoms with E-state index in [2.05, 4.69) is 40.7 Å². The first-order chi connectivity index (χ1) is 16.9. The lowest BCUT2D eigenvalue weighted by Gasteiger charge is -2.71. The van der Waals surface area contributed by atoms with Gasteiger partial charge in [-0.05, 0) is 97.7 Å². The monoisotopic (exact) mass is 518 g/mol. The largest absolute Gasteiger partial charge is 0.481 e. The molecule has 37 heavy (non-hydrogen) atoms. The number of aliphatic hydroxyl groups excluding tert-OH is 3. The van der Waals surface area contributed by atoms with Crippen LogP contribution in [0.25, 0.3) is 0 Å². The van der Waals surface area contributed by atoms with Crippen LogP contribution in [0.2, 0.25) is 0 Å². The summed E-state index contributed by atoms with van der Waals surface area (Å²) in [7, 11) is 0. The Bertz CT molecular complexity index is 1050. The lowest BCUT2D eigenvalue weighted by atomic mass is 9.33. The number of carbonyl (C=O) groups is 2. The van der Waals surface area contributed by atoms with Gasteiger partial charge in [-0.15, -0.1) is 0 Å². The molecule has 0 aromatic carbocycles. The van der Waals surface area contributed by atoms with E-state index < -0.39 is 51.9 Å². The molecule has 0 aromatic rings. The van der Waals surface area contributed by atoms with Gasteiger partial charge in [-0.1, -0.05) is 46.3 Å². The highest BCUT2D eigenvalue weighted by Crippen LogP contribution is 2.75. The van der Waals surface area contributed by atoms with Gasteiger partial charge >= 0.3 is 11.9 Å². The highest BCUT2D eigenvalue weighted by atomic mass is 16.4. The smallest absolute Gasteiger partial charge is 0.312 e. The molecular weight excluding hydrogens is 472 g/mol. The lowest BCUT2D eigenvalue weighted by molar-refractivity contribution is -0.244. The zero-order valence-corrected chi connectivity index (χ0v) is 23.3. The van der Waals surface area contributed by atoms with Gasteiger partial charge in [0.15, 0.2) is 0 Å². The third kappa shape index (κ3) is 3.11. The van der Waals surface area contributed by atoms with Gasteiger partial charge in [-0.2, -0.15) is 0 Å². The average Bonchev–Trinajstić information content (AvgIpc) is 2.77. The third-order valence-electron chi connectivity index (χ3n) is 13.2. The first-order valence-corrected chi connectivity index (χ1v) is 14.1. The highest BCUT2D eigenvalue weighted by Gasteiger charge is 2.73. The van der Waals surface area contributed by atoms with Gasteiger partial charge in [-0.25, -0.2) is 0 Å². The minimum Gasteiger partial charge on any atom is -0.481 e. The molecule has 4 fully saturated rings. The number of fused-ring (bicyclic) bond motifs is 7. The molecule has 11 atom stereocenters. The Morgan fingerprint density at radius 3 is 2.08 bits per heavy atom. The van der Waals surface area contributed by atoms with Crippen LogP contribution in [0.15, 0.2) is 11.6 Å². The van der Waals surface area contributed by atoms with Crippen molar-refractivity contribution in [2.75, 3.05) is 0 Å². The maximum atomic E-state index is 12.8. The van der Waals surface area contributed by atoms with Crippen molar-refractivity contribution in [1.82, 2.24) is 0 Å². The molecule has 0 amide bonds. The second-order valence-corrected chi connectivity index (χ2v) is 15.1. The molecule has 0 aromatic heterocycles. The predicted molar refractivity (Wildman–Crippen MR) is 137 cm³/mol. The van der Waals surface area contributed by atoms with E-state index in [9.17, 15) is 35.1 Å². The van der Waals surface area contributed by atoms with Crippen LogP contribution in [0, 0.1) is 50.2 Å². The van der Waals surface area contributed by atoms with E-state index in [1.165, 1.54) is 5.57 Å². The van der Waals surface area contributed by atoms with Crippen molar-refractivity contribution >= 4 is 11.9 Å². The summed E-state index contributed by atoms with van der Waals surface area (Å²) in [6.45, 7) is 12.5. The summed E-state index contributed by atoms with van der Waals surface area (Å²) in [5.41, 5.74) is -2.74. The fraction of sp³-hybridized carbons (Fsp3) is 0.867. The zero-order chi connectivity index (χ0) is 27.6. The average molecular weight is 519 g/mol. The van der Waals surface area contributed by atoms with E-state index in [0.29, 0.717) is 32.1 Å². The molecule has 5 aliphatic rings. The number of hydrogen-bond donors (Lipinski definition) is 5. The molecule has 5 N–H and O–H groups in total. The summed E-state index contributed by atoms with van der Waals surface area (Å²) in [6, 6.07) is 0. The van der Waals surface area contributed by atoms with Crippen LogP contribution in [0.4, 0.5) is 0 Å². The molecular formula is C30H46O7. The van der Waals surface area contributed by atoms with Crippen molar-refractivity contribution in [3.63, 3.8) is 0 Å². The molecule has 0 bridgehead atoms. The molecule has 0 radical (unpaired) electrons. The number of hydrogen-bond acceptors (Lipinski definition) is 5. The Morgan fingerprint density at radius 2 is 1.49 bits per heavy atom. The van der Waals surface area contributed by atoms with Crippen molar-refractivity contribution in [3.05, 3.63) is 11.6 Å². The van der Waals surface area contributed by atoms with E-state index in [-0.39, 0.29) is 28.6 Å². The number of aliphatic carboxylic acids is 2. The number of carboxylic acid groups (broad SMARTS) is 2. The first-order valence-electron chi connectivity index (χ1n) is 14.1. The van der Waals surface area contributed by atoms with Gasteiger partial charge in [0.1, 0.15) is 5.41 Å². The molecule has 4 saturated carbocycles. The predicted octanol–water partition coefficient (Wildman–Crippen LogP) is 4.24. The van der Waals surface area contributed by atoms with Crippen molar-refractivity contribution in [3.8, 4) is 0 Å². The topological polar surface area (TPSA) is 135 Å². The molecule has 7 nitrogen and oxygen atoms in total. The van der Waals surface area contributed by atoms with Crippen LogP contribution >= 0.6 is 0 Å². The summed E-state index contributed by atoms with van der Waals surface area (Å²) in [5, 5.41) is 54.3. The number of aliphatic hydroxyl groups is 3. The minimum atomic E-state index is -1.45. The maximum absolute atomic E-state index is 12.8. The molecule has 0 saturated heterocycles. The van der Waals surface area contributed by atoms with Crippen molar-refractivity contribution in [2.45, 2.75) is 111 Å². The van der Waals surface area contributed by atoms with Gasteiger partial charge in [0, 0.05) is 0 Å². The van der Waals surface area contributed by atoms with Gasteiger partial charge in [0.2, 0.25) is 0 Å². The highest BCUT2D eigenvalue weighted by molar-refractivity contribution is 5.78. The molecule has 0 aliphatic heterocycles. The minimum absolute atomic E-state index is 0.0171. The Labute approximate surface area is 220 Å². The molecule has 0 unspecified atom stereocenters. The Hall–Kier alpha value is -1.44. The summed E-state index contributed by atoms with van der Waals surface area (Å²) in [4.78, 5) is 25.4. The first kappa shape index (κ1) is 27.1. The maximum Gasteiger partial charge on any atom is 0.312 e. The Morgan fingerprint density at radius 1 is 0.838 bits per heavy atom. The third-order valence-corrected chi connectivity index (χ3v) is 13.2. The number of rotatable bonds is 2. The van der Waals surface area contributed by atoms with Crippen LogP contribution in [0.3, 0.4) is 0 Å². The Kier molecular flexibility index (Phi) is 5.73. The Balaban J connectivity index is 1.65. The van der Waals surface area contributed by atoms with Gasteiger partial charge in [0.05, 0.1) is 23.7 Å². The van der Waals surface area contributed by atoms with E-state index in [1.807, 2.05) is 0 Å². The van der Waals surface area contributed by atoms with E-state index in [1.54, 1.807) is 6.92 Å².